The highest BCUT2D eigenvalue weighted by Gasteiger charge is 2.37. The minimum Gasteiger partial charge on any atom is -0.492 e. The molecule has 0 amide bonds. The third kappa shape index (κ3) is 3.57. The molecule has 1 aromatic carbocycles. The zero-order chi connectivity index (χ0) is 19.1. The van der Waals surface area contributed by atoms with E-state index in [2.05, 4.69) is 30.0 Å². The molecule has 0 saturated carbocycles. The van der Waals surface area contributed by atoms with Crippen LogP contribution in [0, 0.1) is 0 Å². The molecule has 3 aromatic rings. The van der Waals surface area contributed by atoms with E-state index in [1.807, 2.05) is 25.1 Å². The van der Waals surface area contributed by atoms with Gasteiger partial charge in [0.1, 0.15) is 30.2 Å². The average Bonchev–Trinajstić information content (AvgIpc) is 3.14. The van der Waals surface area contributed by atoms with Crippen LogP contribution < -0.4 is 4.90 Å². The Bertz CT molecular complexity index is 946. The molecule has 4 atom stereocenters. The van der Waals surface area contributed by atoms with Gasteiger partial charge in [0, 0.05) is 17.0 Å². The highest BCUT2D eigenvalue weighted by molar-refractivity contribution is 7.17. The molecule has 1 unspecified atom stereocenters. The van der Waals surface area contributed by atoms with E-state index < -0.39 is 0 Å². The van der Waals surface area contributed by atoms with Crippen molar-refractivity contribution in [3.05, 3.63) is 45.6 Å². The molecule has 1 aliphatic rings. The van der Waals surface area contributed by atoms with E-state index in [-0.39, 0.29) is 24.1 Å². The molecule has 8 heteroatoms. The van der Waals surface area contributed by atoms with Crippen molar-refractivity contribution in [1.29, 1.82) is 0 Å². The van der Waals surface area contributed by atoms with Crippen molar-refractivity contribution in [3.63, 3.8) is 0 Å². The first-order chi connectivity index (χ1) is 13.0. The van der Waals surface area contributed by atoms with Crippen LogP contribution >= 0.6 is 22.9 Å². The van der Waals surface area contributed by atoms with Gasteiger partial charge in [-0.2, -0.15) is 4.52 Å². The maximum absolute atomic E-state index is 11.0. The summed E-state index contributed by atoms with van der Waals surface area (Å²) in [6, 6.07) is 7.84. The summed E-state index contributed by atoms with van der Waals surface area (Å²) in [5.74, 6) is 0.912. The van der Waals surface area contributed by atoms with Crippen LogP contribution in [-0.2, 0) is 11.2 Å². The van der Waals surface area contributed by atoms with Crippen LogP contribution in [0.5, 0.6) is 5.88 Å². The zero-order valence-corrected chi connectivity index (χ0v) is 17.2. The Labute approximate surface area is 167 Å². The molecule has 6 nitrogen and oxygen atoms in total. The molecule has 4 rings (SSSR count). The summed E-state index contributed by atoms with van der Waals surface area (Å²) in [6.45, 7) is 7.91. The number of hydrogen-bond donors (Lipinski definition) is 2. The average molecular weight is 408 g/mol. The lowest BCUT2D eigenvalue weighted by Crippen LogP contribution is -3.15. The van der Waals surface area contributed by atoms with Gasteiger partial charge in [0.25, 0.3) is 0 Å². The van der Waals surface area contributed by atoms with Gasteiger partial charge in [-0.25, -0.2) is 4.98 Å². The molecule has 3 heterocycles. The Morgan fingerprint density at radius 2 is 2.11 bits per heavy atom. The topological polar surface area (TPSA) is 64.1 Å². The van der Waals surface area contributed by atoms with Gasteiger partial charge in [0.2, 0.25) is 10.8 Å². The maximum Gasteiger partial charge on any atom is 0.235 e. The lowest BCUT2D eigenvalue weighted by molar-refractivity contribution is -0.939. The highest BCUT2D eigenvalue weighted by Crippen LogP contribution is 2.35. The number of rotatable bonds is 4. The number of morpholine rings is 1. The van der Waals surface area contributed by atoms with Crippen molar-refractivity contribution in [2.24, 2.45) is 0 Å². The second kappa shape index (κ2) is 7.39. The Balaban J connectivity index is 1.82. The fraction of sp³-hybridized carbons (Fsp3) is 0.474. The highest BCUT2D eigenvalue weighted by atomic mass is 35.5. The molecule has 2 aromatic heterocycles. The summed E-state index contributed by atoms with van der Waals surface area (Å²) in [5, 5.41) is 16.1. The van der Waals surface area contributed by atoms with Crippen LogP contribution in [0.2, 0.25) is 5.02 Å². The fourth-order valence-corrected chi connectivity index (χ4v) is 5.30. The van der Waals surface area contributed by atoms with E-state index in [4.69, 9.17) is 16.3 Å². The van der Waals surface area contributed by atoms with Gasteiger partial charge in [0.05, 0.1) is 0 Å². The lowest BCUT2D eigenvalue weighted by Gasteiger charge is -2.37. The Hall–Kier alpha value is -1.67. The number of aromatic nitrogens is 3. The summed E-state index contributed by atoms with van der Waals surface area (Å²) in [7, 11) is 0. The fourth-order valence-electron chi connectivity index (χ4n) is 3.94. The number of fused-ring (bicyclic) bond motifs is 1. The predicted molar refractivity (Wildman–Crippen MR) is 106 cm³/mol. The van der Waals surface area contributed by atoms with Gasteiger partial charge in [-0.05, 0) is 26.0 Å². The summed E-state index contributed by atoms with van der Waals surface area (Å²) >= 11 is 7.79. The second-order valence-electron chi connectivity index (χ2n) is 7.18. The molecule has 1 aliphatic heterocycles. The molecule has 0 radical (unpaired) electrons. The monoisotopic (exact) mass is 407 g/mol. The number of halogens is 1. The molecular formula is C19H24ClN4O2S+. The smallest absolute Gasteiger partial charge is 0.235 e. The minimum atomic E-state index is -0.0453. The molecule has 1 fully saturated rings. The molecule has 0 bridgehead atoms. The third-order valence-electron chi connectivity index (χ3n) is 4.98. The number of nitrogens with one attached hydrogen (secondary N) is 1. The summed E-state index contributed by atoms with van der Waals surface area (Å²) in [4.78, 5) is 7.47. The van der Waals surface area contributed by atoms with Crippen molar-refractivity contribution in [2.45, 2.75) is 45.4 Å². The maximum atomic E-state index is 11.0. The normalized spacial score (nSPS) is 24.4. The number of thiazole rings is 1. The zero-order valence-electron chi connectivity index (χ0n) is 15.6. The molecule has 1 saturated heterocycles. The first-order valence-corrected chi connectivity index (χ1v) is 10.5. The number of aryl methyl sites for hydroxylation is 1. The first kappa shape index (κ1) is 18.7. The van der Waals surface area contributed by atoms with E-state index in [1.165, 1.54) is 16.2 Å². The van der Waals surface area contributed by atoms with Crippen LogP contribution in [0.1, 0.15) is 43.1 Å². The second-order valence-corrected chi connectivity index (χ2v) is 8.62. The summed E-state index contributed by atoms with van der Waals surface area (Å²) in [5.41, 5.74) is 1.08. The van der Waals surface area contributed by atoms with E-state index in [0.29, 0.717) is 5.02 Å². The number of ether oxygens (including phenoxy) is 1. The van der Waals surface area contributed by atoms with Crippen molar-refractivity contribution < 1.29 is 14.7 Å². The van der Waals surface area contributed by atoms with E-state index in [9.17, 15) is 5.11 Å². The predicted octanol–water partition coefficient (Wildman–Crippen LogP) is 2.49. The van der Waals surface area contributed by atoms with Crippen LogP contribution in [0.4, 0.5) is 0 Å². The Kier molecular flexibility index (Phi) is 5.11. The van der Waals surface area contributed by atoms with Gasteiger partial charge in [0.15, 0.2) is 11.9 Å². The number of hydrogen-bond acceptors (Lipinski definition) is 5. The molecular weight excluding hydrogens is 384 g/mol. The number of aromatic hydroxyl groups is 1. The summed E-state index contributed by atoms with van der Waals surface area (Å²) in [6.07, 6.45) is 1.05. The van der Waals surface area contributed by atoms with E-state index >= 15 is 0 Å². The van der Waals surface area contributed by atoms with Crippen LogP contribution in [0.3, 0.4) is 0 Å². The molecule has 0 spiro atoms. The molecule has 27 heavy (non-hydrogen) atoms. The third-order valence-corrected chi connectivity index (χ3v) is 6.30. The lowest BCUT2D eigenvalue weighted by atomic mass is 10.0. The quantitative estimate of drug-likeness (QED) is 0.697. The standard InChI is InChI=1S/C19H23ClN4O2S/c1-4-15-21-19-24(22-15)18(25)17(27-19)16(13-6-5-7-14(20)8-13)23-9-11(2)26-12(3)10-23/h5-8,11-12,16,25H,4,9-10H2,1-3H3/p+1/t11-,12+,16-/m1/s1. The van der Waals surface area contributed by atoms with Crippen molar-refractivity contribution in [1.82, 2.24) is 14.6 Å². The Morgan fingerprint density at radius 3 is 2.74 bits per heavy atom. The van der Waals surface area contributed by atoms with Crippen molar-refractivity contribution >= 4 is 27.9 Å². The van der Waals surface area contributed by atoms with Gasteiger partial charge < -0.3 is 14.7 Å². The van der Waals surface area contributed by atoms with E-state index in [1.54, 1.807) is 4.52 Å². The van der Waals surface area contributed by atoms with Crippen LogP contribution in [0.25, 0.3) is 4.96 Å². The van der Waals surface area contributed by atoms with Gasteiger partial charge in [-0.15, -0.1) is 5.10 Å². The van der Waals surface area contributed by atoms with Gasteiger partial charge >= 0.3 is 0 Å². The van der Waals surface area contributed by atoms with Crippen LogP contribution in [0.15, 0.2) is 24.3 Å². The number of quaternary nitrogens is 1. The molecule has 144 valence electrons. The first-order valence-electron chi connectivity index (χ1n) is 9.29. The van der Waals surface area contributed by atoms with Gasteiger partial charge in [-0.3, -0.25) is 0 Å². The van der Waals surface area contributed by atoms with Crippen molar-refractivity contribution in [2.75, 3.05) is 13.1 Å². The van der Waals surface area contributed by atoms with Gasteiger partial charge in [-0.1, -0.05) is 42.0 Å². The minimum absolute atomic E-state index is 0.0453. The van der Waals surface area contributed by atoms with E-state index in [0.717, 1.165) is 40.7 Å². The SMILES string of the molecule is CCc1nc2sc([C@@H](c3cccc(Cl)c3)[NH+]3C[C@@H](C)O[C@@H](C)C3)c(O)n2n1. The van der Waals surface area contributed by atoms with Crippen molar-refractivity contribution in [3.8, 4) is 5.88 Å². The largest absolute Gasteiger partial charge is 0.492 e. The summed E-state index contributed by atoms with van der Waals surface area (Å²) < 4.78 is 7.49. The molecule has 2 N–H and O–H groups in total. The number of nitrogens with zero attached hydrogens (tertiary/aromatic N) is 3. The Morgan fingerprint density at radius 1 is 1.37 bits per heavy atom. The number of benzene rings is 1. The van der Waals surface area contributed by atoms with Crippen LogP contribution in [-0.4, -0.2) is 45.0 Å². The molecule has 0 aliphatic carbocycles.